The molecule has 0 aromatic heterocycles. The number of nitrogens with zero attached hydrogens (tertiary/aromatic N) is 1. The van der Waals surface area contributed by atoms with Crippen LogP contribution in [0, 0.1) is 13.8 Å². The van der Waals surface area contributed by atoms with E-state index >= 15 is 0 Å². The zero-order valence-corrected chi connectivity index (χ0v) is 15.1. The van der Waals surface area contributed by atoms with Gasteiger partial charge in [0.25, 0.3) is 0 Å². The fourth-order valence-electron chi connectivity index (χ4n) is 3.88. The van der Waals surface area contributed by atoms with Crippen molar-refractivity contribution in [2.75, 3.05) is 11.4 Å². The lowest BCUT2D eigenvalue weighted by Crippen LogP contribution is -2.27. The van der Waals surface area contributed by atoms with Gasteiger partial charge in [0.15, 0.2) is 6.23 Å². The Morgan fingerprint density at radius 1 is 1.27 bits per heavy atom. The molecule has 0 saturated carbocycles. The Hall–Kier alpha value is -2.69. The molecule has 2 aliphatic heterocycles. The van der Waals surface area contributed by atoms with Crippen molar-refractivity contribution in [3.63, 3.8) is 0 Å². The lowest BCUT2D eigenvalue weighted by molar-refractivity contribution is -0.144. The zero-order chi connectivity index (χ0) is 18.3. The number of benzene rings is 2. The first kappa shape index (κ1) is 16.8. The standard InChI is InChI=1S/C21H23NO4/c1-13-16(12-25-18(23)11-15-7-4-3-5-8-15)20(24)14(2)19-21(13)26-17-9-6-10-22(17)19/h3-5,7-8,17,24H,6,9-12H2,1-2H3. The number of aromatic hydroxyl groups is 1. The molecular formula is C21H23NO4. The normalized spacial score (nSPS) is 17.6. The minimum absolute atomic E-state index is 0.0471. The summed E-state index contributed by atoms with van der Waals surface area (Å²) >= 11 is 0. The van der Waals surface area contributed by atoms with E-state index in [2.05, 4.69) is 4.90 Å². The van der Waals surface area contributed by atoms with E-state index in [9.17, 15) is 9.90 Å². The average molecular weight is 353 g/mol. The van der Waals surface area contributed by atoms with Gasteiger partial charge in [-0.2, -0.15) is 0 Å². The van der Waals surface area contributed by atoms with Crippen LogP contribution in [-0.4, -0.2) is 23.8 Å². The van der Waals surface area contributed by atoms with E-state index in [1.807, 2.05) is 44.2 Å². The summed E-state index contributed by atoms with van der Waals surface area (Å²) in [4.78, 5) is 14.4. The highest BCUT2D eigenvalue weighted by molar-refractivity contribution is 5.76. The Labute approximate surface area is 153 Å². The van der Waals surface area contributed by atoms with Crippen molar-refractivity contribution in [1.82, 2.24) is 0 Å². The van der Waals surface area contributed by atoms with Crippen molar-refractivity contribution in [3.05, 3.63) is 52.6 Å². The molecule has 5 nitrogen and oxygen atoms in total. The number of phenolic OH excluding ortho intramolecular Hbond substituents is 1. The molecule has 4 rings (SSSR count). The largest absolute Gasteiger partial charge is 0.507 e. The van der Waals surface area contributed by atoms with Crippen LogP contribution in [0.25, 0.3) is 0 Å². The molecule has 2 aliphatic rings. The number of esters is 1. The highest BCUT2D eigenvalue weighted by Crippen LogP contribution is 2.50. The van der Waals surface area contributed by atoms with Gasteiger partial charge >= 0.3 is 5.97 Å². The Morgan fingerprint density at radius 3 is 2.81 bits per heavy atom. The summed E-state index contributed by atoms with van der Waals surface area (Å²) in [5.74, 6) is 0.707. The molecule has 26 heavy (non-hydrogen) atoms. The van der Waals surface area contributed by atoms with E-state index in [-0.39, 0.29) is 31.0 Å². The van der Waals surface area contributed by atoms with E-state index in [0.29, 0.717) is 5.56 Å². The van der Waals surface area contributed by atoms with E-state index in [1.165, 1.54) is 0 Å². The third-order valence-corrected chi connectivity index (χ3v) is 5.31. The summed E-state index contributed by atoms with van der Waals surface area (Å²) in [6.07, 6.45) is 2.38. The third-order valence-electron chi connectivity index (χ3n) is 5.31. The van der Waals surface area contributed by atoms with Crippen LogP contribution in [0.5, 0.6) is 11.5 Å². The molecule has 0 spiro atoms. The van der Waals surface area contributed by atoms with Crippen LogP contribution < -0.4 is 9.64 Å². The number of rotatable bonds is 4. The van der Waals surface area contributed by atoms with E-state index in [0.717, 1.165) is 47.5 Å². The minimum Gasteiger partial charge on any atom is -0.507 e. The van der Waals surface area contributed by atoms with Gasteiger partial charge in [-0.25, -0.2) is 0 Å². The van der Waals surface area contributed by atoms with Crippen LogP contribution >= 0.6 is 0 Å². The number of carbonyl (C=O) groups is 1. The van der Waals surface area contributed by atoms with Gasteiger partial charge in [-0.15, -0.1) is 0 Å². The molecule has 2 aromatic carbocycles. The van der Waals surface area contributed by atoms with Gasteiger partial charge < -0.3 is 19.5 Å². The van der Waals surface area contributed by atoms with Crippen molar-refractivity contribution in [2.45, 2.75) is 45.9 Å². The Balaban J connectivity index is 1.53. The summed E-state index contributed by atoms with van der Waals surface area (Å²) in [5, 5.41) is 10.7. The molecule has 1 fully saturated rings. The molecule has 1 atom stereocenters. The molecule has 1 N–H and O–H groups in total. The van der Waals surface area contributed by atoms with Crippen molar-refractivity contribution in [3.8, 4) is 11.5 Å². The highest BCUT2D eigenvalue weighted by atomic mass is 16.5. The maximum Gasteiger partial charge on any atom is 0.310 e. The lowest BCUT2D eigenvalue weighted by Gasteiger charge is -2.19. The first-order valence-electron chi connectivity index (χ1n) is 9.04. The first-order valence-corrected chi connectivity index (χ1v) is 9.04. The van der Waals surface area contributed by atoms with Gasteiger partial charge in [0, 0.05) is 29.7 Å². The number of hydrogen-bond acceptors (Lipinski definition) is 5. The number of hydrogen-bond donors (Lipinski definition) is 1. The van der Waals surface area contributed by atoms with Crippen LogP contribution in [0.15, 0.2) is 30.3 Å². The SMILES string of the molecule is Cc1c(COC(=O)Cc2ccccc2)c(O)c(C)c2c1OC1CCCN21. The number of carbonyl (C=O) groups excluding carboxylic acids is 1. The highest BCUT2D eigenvalue weighted by Gasteiger charge is 2.38. The second kappa shape index (κ2) is 6.56. The maximum atomic E-state index is 12.1. The molecule has 136 valence electrons. The predicted molar refractivity (Wildman–Crippen MR) is 98.5 cm³/mol. The molecule has 1 unspecified atom stereocenters. The molecule has 2 aromatic rings. The van der Waals surface area contributed by atoms with Gasteiger partial charge in [0.2, 0.25) is 0 Å². The van der Waals surface area contributed by atoms with Crippen molar-refractivity contribution < 1.29 is 19.4 Å². The summed E-state index contributed by atoms with van der Waals surface area (Å²) in [5.41, 5.74) is 4.17. The van der Waals surface area contributed by atoms with Crippen molar-refractivity contribution >= 4 is 11.7 Å². The lowest BCUT2D eigenvalue weighted by atomic mass is 10.0. The fourth-order valence-corrected chi connectivity index (χ4v) is 3.88. The molecule has 0 aliphatic carbocycles. The Morgan fingerprint density at radius 2 is 2.04 bits per heavy atom. The summed E-state index contributed by atoms with van der Waals surface area (Å²) in [6.45, 7) is 4.81. The van der Waals surface area contributed by atoms with Crippen LogP contribution in [0.2, 0.25) is 0 Å². The quantitative estimate of drug-likeness (QED) is 0.851. The van der Waals surface area contributed by atoms with Crippen LogP contribution in [-0.2, 0) is 22.6 Å². The molecular weight excluding hydrogens is 330 g/mol. The van der Waals surface area contributed by atoms with Gasteiger partial charge in [-0.05, 0) is 25.8 Å². The van der Waals surface area contributed by atoms with Crippen molar-refractivity contribution in [2.24, 2.45) is 0 Å². The van der Waals surface area contributed by atoms with E-state index < -0.39 is 0 Å². The average Bonchev–Trinajstić information content (AvgIpc) is 3.22. The smallest absolute Gasteiger partial charge is 0.310 e. The zero-order valence-electron chi connectivity index (χ0n) is 15.1. The molecule has 2 heterocycles. The summed E-state index contributed by atoms with van der Waals surface area (Å²) in [7, 11) is 0. The van der Waals surface area contributed by atoms with Crippen LogP contribution in [0.4, 0.5) is 5.69 Å². The number of fused-ring (bicyclic) bond motifs is 3. The fraction of sp³-hybridized carbons (Fsp3) is 0.381. The second-order valence-corrected chi connectivity index (χ2v) is 6.99. The van der Waals surface area contributed by atoms with E-state index in [4.69, 9.17) is 9.47 Å². The molecule has 0 radical (unpaired) electrons. The topological polar surface area (TPSA) is 59.0 Å². The summed E-state index contributed by atoms with van der Waals surface area (Å²) < 4.78 is 11.5. The van der Waals surface area contributed by atoms with E-state index in [1.54, 1.807) is 0 Å². The number of anilines is 1. The monoisotopic (exact) mass is 353 g/mol. The Bertz CT molecular complexity index is 847. The Kier molecular flexibility index (Phi) is 4.23. The minimum atomic E-state index is -0.310. The maximum absolute atomic E-state index is 12.1. The van der Waals surface area contributed by atoms with Crippen molar-refractivity contribution in [1.29, 1.82) is 0 Å². The second-order valence-electron chi connectivity index (χ2n) is 6.99. The van der Waals surface area contributed by atoms with Gasteiger partial charge in [-0.1, -0.05) is 30.3 Å². The van der Waals surface area contributed by atoms with Gasteiger partial charge in [0.1, 0.15) is 18.1 Å². The van der Waals surface area contributed by atoms with Gasteiger partial charge in [-0.3, -0.25) is 4.79 Å². The molecule has 1 saturated heterocycles. The first-order chi connectivity index (χ1) is 12.6. The number of ether oxygens (including phenoxy) is 2. The summed E-state index contributed by atoms with van der Waals surface area (Å²) in [6, 6.07) is 9.49. The van der Waals surface area contributed by atoms with Crippen LogP contribution in [0.1, 0.15) is 35.1 Å². The third kappa shape index (κ3) is 2.77. The molecule has 0 bridgehead atoms. The van der Waals surface area contributed by atoms with Crippen LogP contribution in [0.3, 0.4) is 0 Å². The number of phenols is 1. The van der Waals surface area contributed by atoms with Gasteiger partial charge in [0.05, 0.1) is 12.1 Å². The molecule has 0 amide bonds. The molecule has 5 heteroatoms. The predicted octanol–water partition coefficient (Wildman–Crippen LogP) is 3.61.